The van der Waals surface area contributed by atoms with E-state index in [1.165, 1.54) is 19.3 Å². The van der Waals surface area contributed by atoms with Crippen molar-refractivity contribution in [1.82, 2.24) is 24.9 Å². The second kappa shape index (κ2) is 11.6. The Bertz CT molecular complexity index is 449. The van der Waals surface area contributed by atoms with Crippen molar-refractivity contribution in [3.63, 3.8) is 0 Å². The van der Waals surface area contributed by atoms with E-state index >= 15 is 0 Å². The molecule has 7 nitrogen and oxygen atoms in total. The Labute approximate surface area is 165 Å². The van der Waals surface area contributed by atoms with Gasteiger partial charge in [-0.15, -0.1) is 0 Å². The molecule has 1 heterocycles. The van der Waals surface area contributed by atoms with E-state index in [1.807, 2.05) is 4.90 Å². The van der Waals surface area contributed by atoms with Crippen molar-refractivity contribution in [2.45, 2.75) is 45.1 Å². The summed E-state index contributed by atoms with van der Waals surface area (Å²) >= 11 is 0. The maximum atomic E-state index is 12.5. The number of carbonyl (C=O) groups excluding carboxylic acids is 2. The van der Waals surface area contributed by atoms with Gasteiger partial charge in [0.15, 0.2) is 0 Å². The molecule has 1 saturated heterocycles. The topological polar surface area (TPSA) is 59.1 Å². The van der Waals surface area contributed by atoms with Crippen LogP contribution in [0, 0.1) is 0 Å². The lowest BCUT2D eigenvalue weighted by Gasteiger charge is -2.32. The SMILES string of the molecule is CC(=O)N1CCN(C)CCN(CC(=O)NC2CCCCC2)CCN(C)CC1. The summed E-state index contributed by atoms with van der Waals surface area (Å²) in [5.74, 6) is 0.317. The number of nitrogens with one attached hydrogen (secondary N) is 1. The van der Waals surface area contributed by atoms with Gasteiger partial charge in [-0.25, -0.2) is 0 Å². The van der Waals surface area contributed by atoms with Gasteiger partial charge in [0, 0.05) is 65.3 Å². The van der Waals surface area contributed by atoms with Crippen LogP contribution in [0.4, 0.5) is 0 Å². The van der Waals surface area contributed by atoms with E-state index < -0.39 is 0 Å². The fourth-order valence-electron chi connectivity index (χ4n) is 3.85. The monoisotopic (exact) mass is 381 g/mol. The van der Waals surface area contributed by atoms with E-state index in [1.54, 1.807) is 6.92 Å². The maximum Gasteiger partial charge on any atom is 0.234 e. The number of amides is 2. The Hall–Kier alpha value is -1.18. The molecule has 7 heteroatoms. The van der Waals surface area contributed by atoms with E-state index in [2.05, 4.69) is 34.1 Å². The molecule has 2 aliphatic rings. The van der Waals surface area contributed by atoms with E-state index in [0.717, 1.165) is 65.2 Å². The smallest absolute Gasteiger partial charge is 0.234 e. The van der Waals surface area contributed by atoms with Crippen molar-refractivity contribution in [3.05, 3.63) is 0 Å². The van der Waals surface area contributed by atoms with Crippen LogP contribution < -0.4 is 5.32 Å². The fourth-order valence-corrected chi connectivity index (χ4v) is 3.85. The molecule has 1 aliphatic heterocycles. The van der Waals surface area contributed by atoms with Crippen LogP contribution in [0.25, 0.3) is 0 Å². The highest BCUT2D eigenvalue weighted by atomic mass is 16.2. The molecule has 0 radical (unpaired) electrons. The summed E-state index contributed by atoms with van der Waals surface area (Å²) in [7, 11) is 4.19. The van der Waals surface area contributed by atoms with Gasteiger partial charge < -0.3 is 20.0 Å². The average molecular weight is 382 g/mol. The number of hydrogen-bond donors (Lipinski definition) is 1. The Morgan fingerprint density at radius 3 is 1.85 bits per heavy atom. The molecule has 1 saturated carbocycles. The normalized spacial score (nSPS) is 23.4. The molecule has 1 N–H and O–H groups in total. The van der Waals surface area contributed by atoms with Gasteiger partial charge in [-0.2, -0.15) is 0 Å². The van der Waals surface area contributed by atoms with Crippen LogP contribution in [0.2, 0.25) is 0 Å². The van der Waals surface area contributed by atoms with Crippen LogP contribution in [0.5, 0.6) is 0 Å². The number of nitrogens with zero attached hydrogens (tertiary/aromatic N) is 4. The second-order valence-corrected chi connectivity index (χ2v) is 8.29. The minimum atomic E-state index is 0.148. The molecule has 0 atom stereocenters. The zero-order valence-electron chi connectivity index (χ0n) is 17.6. The van der Waals surface area contributed by atoms with Crippen LogP contribution in [-0.2, 0) is 9.59 Å². The molecule has 0 spiro atoms. The molecule has 0 aromatic carbocycles. The average Bonchev–Trinajstić information content (AvgIpc) is 2.63. The van der Waals surface area contributed by atoms with Crippen LogP contribution in [-0.4, -0.2) is 110 Å². The van der Waals surface area contributed by atoms with Gasteiger partial charge in [-0.3, -0.25) is 14.5 Å². The van der Waals surface area contributed by atoms with Crippen molar-refractivity contribution >= 4 is 11.8 Å². The molecule has 1 aliphatic carbocycles. The van der Waals surface area contributed by atoms with Gasteiger partial charge in [-0.05, 0) is 26.9 Å². The first-order chi connectivity index (χ1) is 12.9. The second-order valence-electron chi connectivity index (χ2n) is 8.29. The van der Waals surface area contributed by atoms with E-state index in [9.17, 15) is 9.59 Å². The van der Waals surface area contributed by atoms with Crippen molar-refractivity contribution in [2.75, 3.05) is 73.0 Å². The molecular formula is C20H39N5O2. The predicted molar refractivity (Wildman–Crippen MR) is 109 cm³/mol. The lowest BCUT2D eigenvalue weighted by atomic mass is 9.95. The summed E-state index contributed by atoms with van der Waals surface area (Å²) in [6.45, 7) is 8.97. The number of carbonyl (C=O) groups is 2. The molecule has 156 valence electrons. The van der Waals surface area contributed by atoms with E-state index in [0.29, 0.717) is 12.6 Å². The third-order valence-corrected chi connectivity index (χ3v) is 5.88. The molecular weight excluding hydrogens is 342 g/mol. The van der Waals surface area contributed by atoms with Crippen LogP contribution >= 0.6 is 0 Å². The quantitative estimate of drug-likeness (QED) is 0.770. The fraction of sp³-hybridized carbons (Fsp3) is 0.900. The predicted octanol–water partition coefficient (Wildman–Crippen LogP) is 0.463. The van der Waals surface area contributed by atoms with Gasteiger partial charge in [0.2, 0.25) is 11.8 Å². The van der Waals surface area contributed by atoms with Gasteiger partial charge in [0.25, 0.3) is 0 Å². The maximum absolute atomic E-state index is 12.5. The van der Waals surface area contributed by atoms with Crippen molar-refractivity contribution in [2.24, 2.45) is 0 Å². The first-order valence-corrected chi connectivity index (χ1v) is 10.6. The van der Waals surface area contributed by atoms with Gasteiger partial charge in [0.1, 0.15) is 0 Å². The van der Waals surface area contributed by atoms with Crippen molar-refractivity contribution in [3.8, 4) is 0 Å². The number of hydrogen-bond acceptors (Lipinski definition) is 5. The number of likely N-dealkylation sites (N-methyl/N-ethyl adjacent to an activating group) is 2. The largest absolute Gasteiger partial charge is 0.352 e. The first kappa shape index (κ1) is 22.1. The third-order valence-electron chi connectivity index (χ3n) is 5.88. The Balaban J connectivity index is 1.85. The minimum absolute atomic E-state index is 0.148. The first-order valence-electron chi connectivity index (χ1n) is 10.6. The summed E-state index contributed by atoms with van der Waals surface area (Å²) in [6, 6.07) is 0.376. The summed E-state index contributed by atoms with van der Waals surface area (Å²) in [5.41, 5.74) is 0. The Morgan fingerprint density at radius 1 is 0.815 bits per heavy atom. The lowest BCUT2D eigenvalue weighted by Crippen LogP contribution is -2.48. The molecule has 0 aromatic rings. The highest BCUT2D eigenvalue weighted by Gasteiger charge is 2.19. The molecule has 27 heavy (non-hydrogen) atoms. The van der Waals surface area contributed by atoms with Crippen molar-refractivity contribution < 1.29 is 9.59 Å². The van der Waals surface area contributed by atoms with E-state index in [-0.39, 0.29) is 11.8 Å². The third kappa shape index (κ3) is 8.58. The molecule has 2 rings (SSSR count). The van der Waals surface area contributed by atoms with Crippen molar-refractivity contribution in [1.29, 1.82) is 0 Å². The van der Waals surface area contributed by atoms with E-state index in [4.69, 9.17) is 0 Å². The minimum Gasteiger partial charge on any atom is -0.352 e. The standard InChI is InChI=1S/C20H39N5O2/c1-18(26)25-15-11-22(2)9-13-24(14-10-23(3)12-16-25)17-20(27)21-19-7-5-4-6-8-19/h19H,4-17H2,1-3H3,(H,21,27). The Morgan fingerprint density at radius 2 is 1.33 bits per heavy atom. The summed E-state index contributed by atoms with van der Waals surface area (Å²) in [5, 5.41) is 3.24. The molecule has 0 bridgehead atoms. The van der Waals surface area contributed by atoms with Gasteiger partial charge >= 0.3 is 0 Å². The van der Waals surface area contributed by atoms with Crippen LogP contribution in [0.1, 0.15) is 39.0 Å². The zero-order valence-corrected chi connectivity index (χ0v) is 17.6. The molecule has 2 amide bonds. The lowest BCUT2D eigenvalue weighted by molar-refractivity contribution is -0.129. The zero-order chi connectivity index (χ0) is 19.6. The summed E-state index contributed by atoms with van der Waals surface area (Å²) in [6.07, 6.45) is 6.04. The van der Waals surface area contributed by atoms with Crippen LogP contribution in [0.3, 0.4) is 0 Å². The van der Waals surface area contributed by atoms with Gasteiger partial charge in [-0.1, -0.05) is 19.3 Å². The summed E-state index contributed by atoms with van der Waals surface area (Å²) < 4.78 is 0. The summed E-state index contributed by atoms with van der Waals surface area (Å²) in [4.78, 5) is 33.0. The molecule has 0 aromatic heterocycles. The molecule has 0 unspecified atom stereocenters. The number of rotatable bonds is 3. The molecule has 2 fully saturated rings. The Kier molecular flexibility index (Phi) is 9.51. The highest BCUT2D eigenvalue weighted by molar-refractivity contribution is 5.78. The van der Waals surface area contributed by atoms with Crippen LogP contribution in [0.15, 0.2) is 0 Å². The van der Waals surface area contributed by atoms with Gasteiger partial charge in [0.05, 0.1) is 6.54 Å². The highest BCUT2D eigenvalue weighted by Crippen LogP contribution is 2.17.